The van der Waals surface area contributed by atoms with Gasteiger partial charge in [0.1, 0.15) is 4.33 Å². The van der Waals surface area contributed by atoms with E-state index in [0.717, 1.165) is 15.9 Å². The third-order valence-corrected chi connectivity index (χ3v) is 6.03. The van der Waals surface area contributed by atoms with Crippen LogP contribution in [0.5, 0.6) is 0 Å². The molecule has 2 aromatic rings. The van der Waals surface area contributed by atoms with E-state index < -0.39 is 16.3 Å². The molecule has 5 nitrogen and oxygen atoms in total. The van der Waals surface area contributed by atoms with E-state index in [1.165, 1.54) is 12.4 Å². The Morgan fingerprint density at radius 2 is 2.17 bits per heavy atom. The molecular weight excluding hydrogens is 369 g/mol. The Bertz CT molecular complexity index is 776. The topological polar surface area (TPSA) is 59.8 Å². The lowest BCUT2D eigenvalue weighted by atomic mass is 10.1. The fourth-order valence-corrected chi connectivity index (χ4v) is 3.85. The first-order valence-corrected chi connectivity index (χ1v) is 8.21. The number of nitrogens with one attached hydrogen (secondary N) is 1. The molecule has 2 aromatic heterocycles. The number of carbonyl (C=O) groups excluding carboxylic acids is 1. The number of carbonyl (C=O) groups is 1. The highest BCUT2D eigenvalue weighted by molar-refractivity contribution is 7.19. The van der Waals surface area contributed by atoms with E-state index in [-0.39, 0.29) is 11.7 Å². The van der Waals surface area contributed by atoms with Gasteiger partial charge in [-0.1, -0.05) is 11.3 Å². The second kappa shape index (κ2) is 5.39. The summed E-state index contributed by atoms with van der Waals surface area (Å²) in [7, 11) is 0. The number of hydrogen-bond acceptors (Lipinski definition) is 4. The molecule has 1 amide bonds. The van der Waals surface area contributed by atoms with Gasteiger partial charge in [0.25, 0.3) is 0 Å². The monoisotopic (exact) mass is 380 g/mol. The molecule has 1 aliphatic carbocycles. The quantitative estimate of drug-likeness (QED) is 0.807. The van der Waals surface area contributed by atoms with E-state index in [0.29, 0.717) is 22.1 Å². The molecule has 0 radical (unpaired) electrons. The summed E-state index contributed by atoms with van der Waals surface area (Å²) >= 11 is 13.0. The normalized spacial score (nSPS) is 22.4. The molecule has 0 saturated heterocycles. The van der Waals surface area contributed by atoms with Gasteiger partial charge in [-0.05, 0) is 20.3 Å². The van der Waals surface area contributed by atoms with Crippen LogP contribution in [0.2, 0.25) is 0 Å². The van der Waals surface area contributed by atoms with Crippen LogP contribution in [0.25, 0.3) is 10.7 Å². The number of thiazole rings is 1. The lowest BCUT2D eigenvalue weighted by Crippen LogP contribution is -2.25. The lowest BCUT2D eigenvalue weighted by Gasteiger charge is -2.10. The maximum absolute atomic E-state index is 13.0. The number of anilines is 1. The van der Waals surface area contributed by atoms with Gasteiger partial charge in [0.15, 0.2) is 11.0 Å². The lowest BCUT2D eigenvalue weighted by molar-refractivity contribution is -0.120. The van der Waals surface area contributed by atoms with Gasteiger partial charge in [0, 0.05) is 12.4 Å². The molecule has 3 rings (SSSR count). The minimum absolute atomic E-state index is 0.108. The molecule has 1 fully saturated rings. The van der Waals surface area contributed by atoms with Crippen LogP contribution in [0.15, 0.2) is 12.4 Å². The average Bonchev–Trinajstić information content (AvgIpc) is 2.85. The molecule has 1 N–H and O–H groups in total. The summed E-state index contributed by atoms with van der Waals surface area (Å²) in [6.45, 7) is 0.622. The molecule has 0 aromatic carbocycles. The average molecular weight is 381 g/mol. The summed E-state index contributed by atoms with van der Waals surface area (Å²) in [6, 6.07) is 0. The summed E-state index contributed by atoms with van der Waals surface area (Å²) in [5.74, 6) is -0.239. The van der Waals surface area contributed by atoms with Gasteiger partial charge in [-0.3, -0.25) is 9.36 Å². The number of alkyl halides is 4. The Morgan fingerprint density at radius 1 is 1.52 bits per heavy atom. The van der Waals surface area contributed by atoms with E-state index in [9.17, 15) is 13.6 Å². The first-order chi connectivity index (χ1) is 10.7. The predicted molar refractivity (Wildman–Crippen MR) is 85.1 cm³/mol. The Kier molecular flexibility index (Phi) is 3.89. The number of halogens is 4. The van der Waals surface area contributed by atoms with Crippen molar-refractivity contribution in [2.24, 2.45) is 5.41 Å². The van der Waals surface area contributed by atoms with Gasteiger partial charge in [-0.15, -0.1) is 23.2 Å². The van der Waals surface area contributed by atoms with Crippen molar-refractivity contribution in [3.8, 4) is 10.7 Å². The molecule has 1 atom stereocenters. The maximum atomic E-state index is 13.0. The molecule has 2 heterocycles. The van der Waals surface area contributed by atoms with Gasteiger partial charge < -0.3 is 5.32 Å². The molecule has 10 heteroatoms. The highest BCUT2D eigenvalue weighted by atomic mass is 35.5. The predicted octanol–water partition coefficient (Wildman–Crippen LogP) is 4.23. The SMILES string of the molecule is Cc1nc(NC(=O)[C@@]2(C)CC2(Cl)Cl)sc1-c1nccn1C(F)F. The molecule has 0 unspecified atom stereocenters. The van der Waals surface area contributed by atoms with E-state index >= 15 is 0 Å². The van der Waals surface area contributed by atoms with E-state index in [2.05, 4.69) is 15.3 Å². The number of rotatable bonds is 4. The smallest absolute Gasteiger partial charge is 0.301 e. The second-order valence-electron chi connectivity index (χ2n) is 5.54. The molecule has 124 valence electrons. The van der Waals surface area contributed by atoms with Crippen molar-refractivity contribution in [3.05, 3.63) is 18.1 Å². The summed E-state index contributed by atoms with van der Waals surface area (Å²) in [6.07, 6.45) is 2.83. The van der Waals surface area contributed by atoms with Crippen LogP contribution in [0.4, 0.5) is 13.9 Å². The molecular formula is C13H12Cl2F2N4OS. The third-order valence-electron chi connectivity index (χ3n) is 3.86. The zero-order chi connectivity index (χ0) is 17.0. The van der Waals surface area contributed by atoms with Crippen LogP contribution in [-0.4, -0.2) is 24.8 Å². The fraction of sp³-hybridized carbons (Fsp3) is 0.462. The van der Waals surface area contributed by atoms with E-state index in [4.69, 9.17) is 23.2 Å². The van der Waals surface area contributed by atoms with Crippen molar-refractivity contribution in [1.29, 1.82) is 0 Å². The zero-order valence-corrected chi connectivity index (χ0v) is 14.4. The van der Waals surface area contributed by atoms with Gasteiger partial charge in [0.05, 0.1) is 16.0 Å². The van der Waals surface area contributed by atoms with Crippen LogP contribution in [0, 0.1) is 12.3 Å². The summed E-state index contributed by atoms with van der Waals surface area (Å²) < 4.78 is 25.6. The third kappa shape index (κ3) is 2.72. The largest absolute Gasteiger partial charge is 0.320 e. The van der Waals surface area contributed by atoms with Gasteiger partial charge in [-0.25, -0.2) is 9.97 Å². The minimum atomic E-state index is -2.70. The van der Waals surface area contributed by atoms with Crippen LogP contribution < -0.4 is 5.32 Å². The molecule has 0 aliphatic heterocycles. The standard InChI is InChI=1S/C13H12Cl2F2N4OS/c1-6-7(8-18-3-4-21(8)10(16)17)23-11(19-6)20-9(22)12(2)5-13(12,14)15/h3-4,10H,5H2,1-2H3,(H,19,20,22)/t12-/m1/s1. The van der Waals surface area contributed by atoms with Crippen LogP contribution >= 0.6 is 34.5 Å². The van der Waals surface area contributed by atoms with Crippen molar-refractivity contribution >= 4 is 45.6 Å². The van der Waals surface area contributed by atoms with Crippen molar-refractivity contribution in [1.82, 2.24) is 14.5 Å². The highest BCUT2D eigenvalue weighted by Gasteiger charge is 2.68. The Balaban J connectivity index is 1.85. The van der Waals surface area contributed by atoms with E-state index in [1.54, 1.807) is 13.8 Å². The number of aryl methyl sites for hydroxylation is 1. The molecule has 0 spiro atoms. The Labute approximate surface area is 144 Å². The fourth-order valence-electron chi connectivity index (χ4n) is 2.19. The zero-order valence-electron chi connectivity index (χ0n) is 12.1. The number of amides is 1. The molecule has 1 aliphatic rings. The van der Waals surface area contributed by atoms with Crippen molar-refractivity contribution in [3.63, 3.8) is 0 Å². The van der Waals surface area contributed by atoms with Crippen LogP contribution in [-0.2, 0) is 4.79 Å². The van der Waals surface area contributed by atoms with Crippen molar-refractivity contribution in [2.75, 3.05) is 5.32 Å². The molecule has 23 heavy (non-hydrogen) atoms. The molecule has 0 bridgehead atoms. The van der Waals surface area contributed by atoms with Crippen LogP contribution in [0.3, 0.4) is 0 Å². The first-order valence-electron chi connectivity index (χ1n) is 6.64. The molecule has 1 saturated carbocycles. The summed E-state index contributed by atoms with van der Waals surface area (Å²) in [5, 5.41) is 2.94. The van der Waals surface area contributed by atoms with Crippen molar-refractivity contribution < 1.29 is 13.6 Å². The van der Waals surface area contributed by atoms with Crippen molar-refractivity contribution in [2.45, 2.75) is 31.2 Å². The van der Waals surface area contributed by atoms with Gasteiger partial charge >= 0.3 is 6.55 Å². The minimum Gasteiger partial charge on any atom is -0.301 e. The van der Waals surface area contributed by atoms with Crippen LogP contribution in [0.1, 0.15) is 25.6 Å². The number of nitrogens with zero attached hydrogens (tertiary/aromatic N) is 3. The Morgan fingerprint density at radius 3 is 2.74 bits per heavy atom. The number of aromatic nitrogens is 3. The Hall–Kier alpha value is -1.25. The summed E-state index contributed by atoms with van der Waals surface area (Å²) in [4.78, 5) is 20.8. The van der Waals surface area contributed by atoms with E-state index in [1.807, 2.05) is 0 Å². The maximum Gasteiger partial charge on any atom is 0.320 e. The highest BCUT2D eigenvalue weighted by Crippen LogP contribution is 2.64. The summed E-state index contributed by atoms with van der Waals surface area (Å²) in [5.41, 5.74) is -0.376. The second-order valence-corrected chi connectivity index (χ2v) is 8.02. The van der Waals surface area contributed by atoms with Gasteiger partial charge in [-0.2, -0.15) is 8.78 Å². The first kappa shape index (κ1) is 16.6. The van der Waals surface area contributed by atoms with Gasteiger partial charge in [0.2, 0.25) is 5.91 Å². The number of imidazole rings is 1. The number of hydrogen-bond donors (Lipinski definition) is 1.